The number of hydrogen-bond acceptors (Lipinski definition) is 0. The topological polar surface area (TPSA) is 0 Å². The van der Waals surface area contributed by atoms with Crippen LogP contribution in [0.25, 0.3) is 32.3 Å². The molecule has 0 saturated carbocycles. The van der Waals surface area contributed by atoms with Crippen molar-refractivity contribution in [3.8, 4) is 0 Å². The molecule has 5 aromatic carbocycles. The van der Waals surface area contributed by atoms with Crippen molar-refractivity contribution >= 4 is 51.5 Å². The Bertz CT molecular complexity index is 1210. The van der Waals surface area contributed by atoms with E-state index in [0.29, 0.717) is 8.58 Å². The maximum absolute atomic E-state index is 2.35. The Balaban J connectivity index is 0.00000168. The van der Waals surface area contributed by atoms with Gasteiger partial charge in [0.25, 0.3) is 0 Å². The van der Waals surface area contributed by atoms with Crippen LogP contribution in [0.1, 0.15) is 0 Å². The van der Waals surface area contributed by atoms with Gasteiger partial charge in [-0.2, -0.15) is 0 Å². The van der Waals surface area contributed by atoms with Gasteiger partial charge in [0.2, 0.25) is 0 Å². The maximum atomic E-state index is 2.35. The van der Waals surface area contributed by atoms with E-state index in [0.717, 1.165) is 0 Å². The quantitative estimate of drug-likeness (QED) is 0.141. The van der Waals surface area contributed by atoms with Crippen LogP contribution < -0.4 is 10.6 Å². The summed E-state index contributed by atoms with van der Waals surface area (Å²) in [5.41, 5.74) is 0. The fraction of sp³-hybridized carbons (Fsp3) is 0. The molecular formula is C24H17PPd. The van der Waals surface area contributed by atoms with Crippen molar-refractivity contribution in [3.05, 3.63) is 97.1 Å². The van der Waals surface area contributed by atoms with Crippen LogP contribution in [-0.2, 0) is 20.4 Å². The van der Waals surface area contributed by atoms with Gasteiger partial charge in [0.1, 0.15) is 0 Å². The van der Waals surface area contributed by atoms with Crippen LogP contribution in [0.4, 0.5) is 0 Å². The van der Waals surface area contributed by atoms with Crippen molar-refractivity contribution in [3.63, 3.8) is 0 Å². The van der Waals surface area contributed by atoms with Crippen molar-refractivity contribution in [2.75, 3.05) is 0 Å². The first-order chi connectivity index (χ1) is 12.4. The summed E-state index contributed by atoms with van der Waals surface area (Å²) in [6.45, 7) is 0. The predicted molar refractivity (Wildman–Crippen MR) is 113 cm³/mol. The average Bonchev–Trinajstić information content (AvgIpc) is 2.67. The Morgan fingerprint density at radius 3 is 1.96 bits per heavy atom. The minimum absolute atomic E-state index is 0. The second kappa shape index (κ2) is 7.30. The van der Waals surface area contributed by atoms with Crippen LogP contribution in [0.5, 0.6) is 0 Å². The first kappa shape index (κ1) is 17.4. The van der Waals surface area contributed by atoms with E-state index >= 15 is 0 Å². The Morgan fingerprint density at radius 2 is 1.15 bits per heavy atom. The van der Waals surface area contributed by atoms with Crippen molar-refractivity contribution in [2.24, 2.45) is 0 Å². The number of rotatable bonds is 2. The summed E-state index contributed by atoms with van der Waals surface area (Å²) in [4.78, 5) is 0. The molecule has 0 saturated heterocycles. The van der Waals surface area contributed by atoms with Gasteiger partial charge in [-0.1, -0.05) is 93.5 Å². The molecule has 1 unspecified atom stereocenters. The van der Waals surface area contributed by atoms with Crippen LogP contribution in [-0.4, -0.2) is 0 Å². The molecule has 0 aliphatic carbocycles. The van der Waals surface area contributed by atoms with Gasteiger partial charge in [-0.05, 0) is 55.1 Å². The monoisotopic (exact) mass is 442 g/mol. The zero-order chi connectivity index (χ0) is 16.6. The van der Waals surface area contributed by atoms with E-state index in [4.69, 9.17) is 0 Å². The second-order valence-electron chi connectivity index (χ2n) is 6.38. The summed E-state index contributed by atoms with van der Waals surface area (Å²) in [5.74, 6) is 0. The third kappa shape index (κ3) is 3.08. The van der Waals surface area contributed by atoms with E-state index in [1.165, 1.54) is 42.9 Å². The van der Waals surface area contributed by atoms with Gasteiger partial charge in [0.05, 0.1) is 0 Å². The van der Waals surface area contributed by atoms with Crippen LogP contribution >= 0.6 is 8.58 Å². The molecule has 5 aromatic rings. The smallest absolute Gasteiger partial charge is 0 e. The van der Waals surface area contributed by atoms with Gasteiger partial charge in [-0.3, -0.25) is 0 Å². The summed E-state index contributed by atoms with van der Waals surface area (Å²) in [5, 5.41) is 10.8. The predicted octanol–water partition coefficient (Wildman–Crippen LogP) is 5.77. The van der Waals surface area contributed by atoms with Gasteiger partial charge >= 0.3 is 0 Å². The zero-order valence-corrected chi connectivity index (χ0v) is 16.6. The summed E-state index contributed by atoms with van der Waals surface area (Å²) in [6, 6.07) is 35.2. The molecule has 0 aromatic heterocycles. The third-order valence-electron chi connectivity index (χ3n) is 4.78. The van der Waals surface area contributed by atoms with Crippen LogP contribution in [0.15, 0.2) is 97.1 Å². The molecule has 2 heteroatoms. The van der Waals surface area contributed by atoms with Gasteiger partial charge in [-0.15, -0.1) is 0 Å². The largest absolute Gasteiger partial charge is 0.0622 e. The van der Waals surface area contributed by atoms with Crippen molar-refractivity contribution in [1.29, 1.82) is 0 Å². The standard InChI is InChI=1S/C24H17P.Pd/c1-2-10-21(11-3-1)25-23-12-6-9-17-13-14-20-15-18-7-4-5-8-19(18)16-22(20)24(17)23;/h1-16,25H;. The van der Waals surface area contributed by atoms with E-state index in [1.807, 2.05) is 0 Å². The van der Waals surface area contributed by atoms with Crippen molar-refractivity contribution < 1.29 is 20.4 Å². The van der Waals surface area contributed by atoms with Crippen molar-refractivity contribution in [2.45, 2.75) is 0 Å². The molecule has 0 fully saturated rings. The number of hydrogen-bond donors (Lipinski definition) is 0. The van der Waals surface area contributed by atoms with Crippen LogP contribution in [0, 0.1) is 0 Å². The average molecular weight is 443 g/mol. The van der Waals surface area contributed by atoms with E-state index in [-0.39, 0.29) is 20.4 Å². The van der Waals surface area contributed by atoms with Crippen molar-refractivity contribution in [1.82, 2.24) is 0 Å². The summed E-state index contributed by atoms with van der Waals surface area (Å²) >= 11 is 0. The molecule has 0 heterocycles. The molecule has 128 valence electrons. The molecule has 1 atom stereocenters. The van der Waals surface area contributed by atoms with Gasteiger partial charge in [-0.25, -0.2) is 0 Å². The number of fused-ring (bicyclic) bond motifs is 4. The molecule has 0 aliphatic rings. The van der Waals surface area contributed by atoms with Crippen LogP contribution in [0.2, 0.25) is 0 Å². The minimum atomic E-state index is 0. The van der Waals surface area contributed by atoms with Gasteiger partial charge < -0.3 is 0 Å². The molecule has 0 radical (unpaired) electrons. The molecule has 0 amide bonds. The fourth-order valence-corrected chi connectivity index (χ4v) is 4.84. The molecule has 0 bridgehead atoms. The van der Waals surface area contributed by atoms with Gasteiger partial charge in [0, 0.05) is 20.4 Å². The molecule has 5 rings (SSSR count). The Kier molecular flexibility index (Phi) is 4.88. The second-order valence-corrected chi connectivity index (χ2v) is 7.75. The molecular weight excluding hydrogens is 426 g/mol. The maximum Gasteiger partial charge on any atom is 0 e. The molecule has 0 spiro atoms. The SMILES string of the molecule is [Pd].c1ccc(Pc2cccc3ccc4cc5ccccc5cc4c23)cc1. The van der Waals surface area contributed by atoms with E-state index in [9.17, 15) is 0 Å². The molecule has 0 N–H and O–H groups in total. The normalized spacial score (nSPS) is 11.4. The summed E-state index contributed by atoms with van der Waals surface area (Å²) < 4.78 is 0. The van der Waals surface area contributed by atoms with Gasteiger partial charge in [0.15, 0.2) is 0 Å². The molecule has 0 aliphatic heterocycles. The summed E-state index contributed by atoms with van der Waals surface area (Å²) in [7, 11) is 0.671. The Hall–Kier alpha value is -2.03. The van der Waals surface area contributed by atoms with E-state index < -0.39 is 0 Å². The third-order valence-corrected chi connectivity index (χ3v) is 6.09. The minimum Gasteiger partial charge on any atom is -0.0622 e. The Labute approximate surface area is 168 Å². The zero-order valence-electron chi connectivity index (χ0n) is 14.1. The van der Waals surface area contributed by atoms with E-state index in [1.54, 1.807) is 0 Å². The first-order valence-electron chi connectivity index (χ1n) is 8.55. The fourth-order valence-electron chi connectivity index (χ4n) is 3.58. The Morgan fingerprint density at radius 1 is 0.500 bits per heavy atom. The van der Waals surface area contributed by atoms with E-state index in [2.05, 4.69) is 97.1 Å². The van der Waals surface area contributed by atoms with Crippen LogP contribution in [0.3, 0.4) is 0 Å². The summed E-state index contributed by atoms with van der Waals surface area (Å²) in [6.07, 6.45) is 0. The molecule has 0 nitrogen and oxygen atoms in total. The molecule has 26 heavy (non-hydrogen) atoms. The number of benzene rings is 5. The first-order valence-corrected chi connectivity index (χ1v) is 9.55.